The second-order valence-corrected chi connectivity index (χ2v) is 11.2. The van der Waals surface area contributed by atoms with Crippen molar-refractivity contribution < 1.29 is 27.5 Å². The number of hydrogen-bond donors (Lipinski definition) is 2. The number of carbonyl (C=O) groups excluding carboxylic acids is 3. The van der Waals surface area contributed by atoms with Crippen molar-refractivity contribution in [1.29, 1.82) is 5.26 Å². The van der Waals surface area contributed by atoms with Crippen molar-refractivity contribution in [3.05, 3.63) is 82.7 Å². The van der Waals surface area contributed by atoms with Crippen molar-refractivity contribution in [3.63, 3.8) is 0 Å². The number of nitriles is 1. The number of nitrogens with one attached hydrogen (secondary N) is 2. The zero-order valence-electron chi connectivity index (χ0n) is 22.7. The molecular formula is C28H30N6O6S. The maximum absolute atomic E-state index is 13.3. The molecule has 41 heavy (non-hydrogen) atoms. The molecule has 2 N–H and O–H groups in total. The lowest BCUT2D eigenvalue weighted by atomic mass is 10.1. The molecule has 0 saturated heterocycles. The number of fused-ring (bicyclic) bond motifs is 1. The highest BCUT2D eigenvalue weighted by atomic mass is 32.2. The maximum Gasteiger partial charge on any atom is 0.326 e. The van der Waals surface area contributed by atoms with Gasteiger partial charge in [0.05, 0.1) is 23.1 Å². The van der Waals surface area contributed by atoms with E-state index in [2.05, 4.69) is 21.2 Å². The number of amides is 2. The molecule has 2 amide bonds. The minimum Gasteiger partial charge on any atom is -0.465 e. The van der Waals surface area contributed by atoms with Crippen LogP contribution in [0.15, 0.2) is 59.5 Å². The number of aromatic nitrogens is 2. The Morgan fingerprint density at radius 3 is 2.49 bits per heavy atom. The highest BCUT2D eigenvalue weighted by Gasteiger charge is 2.29. The minimum atomic E-state index is -4.09. The topological polar surface area (TPSA) is 163 Å². The molecule has 3 aromatic rings. The maximum atomic E-state index is 13.3. The fourth-order valence-electron chi connectivity index (χ4n) is 4.28. The predicted molar refractivity (Wildman–Crippen MR) is 147 cm³/mol. The summed E-state index contributed by atoms with van der Waals surface area (Å²) in [7, 11) is -4.09. The zero-order chi connectivity index (χ0) is 29.6. The smallest absolute Gasteiger partial charge is 0.326 e. The van der Waals surface area contributed by atoms with E-state index in [1.165, 1.54) is 22.9 Å². The largest absolute Gasteiger partial charge is 0.465 e. The van der Waals surface area contributed by atoms with Gasteiger partial charge in [0.25, 0.3) is 11.8 Å². The SMILES string of the molecule is CCOC(=O)[C@@H](CNC(=O)c1cc2n(n1)CCCN(Cc1ccc(C#N)cc1)C2=O)NS(=O)(=O)c1ccc(C)cc1. The number of sulfonamides is 1. The van der Waals surface area contributed by atoms with Crippen molar-refractivity contribution in [3.8, 4) is 6.07 Å². The summed E-state index contributed by atoms with van der Waals surface area (Å²) in [6.45, 7) is 4.26. The van der Waals surface area contributed by atoms with Crippen molar-refractivity contribution in [2.45, 2.75) is 44.3 Å². The summed E-state index contributed by atoms with van der Waals surface area (Å²) in [6, 6.07) is 15.1. The Morgan fingerprint density at radius 2 is 1.83 bits per heavy atom. The molecule has 13 heteroatoms. The van der Waals surface area contributed by atoms with Gasteiger partial charge in [-0.05, 0) is 50.1 Å². The molecule has 214 valence electrons. The Bertz CT molecular complexity index is 1580. The van der Waals surface area contributed by atoms with E-state index < -0.39 is 34.5 Å². The van der Waals surface area contributed by atoms with Crippen molar-refractivity contribution in [2.24, 2.45) is 0 Å². The van der Waals surface area contributed by atoms with Crippen LogP contribution in [0.3, 0.4) is 0 Å². The first-order chi connectivity index (χ1) is 19.6. The van der Waals surface area contributed by atoms with Gasteiger partial charge in [0.1, 0.15) is 11.7 Å². The summed E-state index contributed by atoms with van der Waals surface area (Å²) >= 11 is 0. The van der Waals surface area contributed by atoms with Crippen LogP contribution < -0.4 is 10.0 Å². The standard InChI is InChI=1S/C28H30N6O6S/c1-3-40-28(37)24(32-41(38,39)22-11-5-19(2)6-12-22)17-30-26(35)23-15-25-27(36)33(13-4-14-34(25)31-23)18-21-9-7-20(16-29)8-10-21/h5-12,15,24,32H,3-4,13-14,17-18H2,1-2H3,(H,30,35)/t24-/m1/s1. The Morgan fingerprint density at radius 1 is 1.12 bits per heavy atom. The number of hydrogen-bond acceptors (Lipinski definition) is 8. The zero-order valence-corrected chi connectivity index (χ0v) is 23.5. The third kappa shape index (κ3) is 7.16. The average Bonchev–Trinajstić information content (AvgIpc) is 3.33. The van der Waals surface area contributed by atoms with E-state index in [0.717, 1.165) is 11.1 Å². The predicted octanol–water partition coefficient (Wildman–Crippen LogP) is 1.75. The number of nitrogens with zero attached hydrogens (tertiary/aromatic N) is 4. The molecule has 1 aliphatic heterocycles. The molecule has 0 unspecified atom stereocenters. The summed E-state index contributed by atoms with van der Waals surface area (Å²) in [5, 5.41) is 15.8. The molecule has 0 radical (unpaired) electrons. The van der Waals surface area contributed by atoms with Crippen molar-refractivity contribution in [2.75, 3.05) is 19.7 Å². The van der Waals surface area contributed by atoms with Gasteiger partial charge in [0.15, 0.2) is 5.69 Å². The van der Waals surface area contributed by atoms with Crippen LogP contribution in [0.1, 0.15) is 51.0 Å². The lowest BCUT2D eigenvalue weighted by Gasteiger charge is -2.20. The van der Waals surface area contributed by atoms with E-state index >= 15 is 0 Å². The van der Waals surface area contributed by atoms with Gasteiger partial charge in [-0.25, -0.2) is 8.42 Å². The molecule has 1 aromatic heterocycles. The first-order valence-electron chi connectivity index (χ1n) is 13.0. The van der Waals surface area contributed by atoms with Crippen LogP contribution in [0.25, 0.3) is 0 Å². The van der Waals surface area contributed by atoms with Gasteiger partial charge in [0, 0.05) is 32.2 Å². The molecule has 2 aromatic carbocycles. The average molecular weight is 579 g/mol. The third-order valence-electron chi connectivity index (χ3n) is 6.44. The summed E-state index contributed by atoms with van der Waals surface area (Å²) in [5.74, 6) is -1.83. The fraction of sp³-hybridized carbons (Fsp3) is 0.321. The monoisotopic (exact) mass is 578 g/mol. The first-order valence-corrected chi connectivity index (χ1v) is 14.5. The number of carbonyl (C=O) groups is 3. The number of esters is 1. The molecule has 0 fully saturated rings. The van der Waals surface area contributed by atoms with Crippen molar-refractivity contribution >= 4 is 27.8 Å². The molecule has 1 atom stereocenters. The second kappa shape index (κ2) is 12.8. The fourth-order valence-corrected chi connectivity index (χ4v) is 5.46. The van der Waals surface area contributed by atoms with Crippen LogP contribution in [0.2, 0.25) is 0 Å². The summed E-state index contributed by atoms with van der Waals surface area (Å²) in [4.78, 5) is 40.4. The molecule has 4 rings (SSSR count). The summed E-state index contributed by atoms with van der Waals surface area (Å²) in [5.41, 5.74) is 2.45. The molecule has 0 spiro atoms. The third-order valence-corrected chi connectivity index (χ3v) is 7.93. The van der Waals surface area contributed by atoms with Gasteiger partial charge in [-0.15, -0.1) is 0 Å². The Labute approximate surface area is 238 Å². The van der Waals surface area contributed by atoms with Gasteiger partial charge < -0.3 is 15.0 Å². The van der Waals surface area contributed by atoms with Gasteiger partial charge in [-0.2, -0.15) is 15.1 Å². The molecule has 0 aliphatic carbocycles. The molecular weight excluding hydrogens is 548 g/mol. The number of ether oxygens (including phenoxy) is 1. The summed E-state index contributed by atoms with van der Waals surface area (Å²) in [6.07, 6.45) is 0.615. The van der Waals surface area contributed by atoms with Crippen LogP contribution in [0.5, 0.6) is 0 Å². The Kier molecular flexibility index (Phi) is 9.16. The first kappa shape index (κ1) is 29.4. The van der Waals surface area contributed by atoms with Gasteiger partial charge in [-0.1, -0.05) is 29.8 Å². The van der Waals surface area contributed by atoms with E-state index in [1.807, 2.05) is 6.92 Å². The van der Waals surface area contributed by atoms with Gasteiger partial charge in [0.2, 0.25) is 10.0 Å². The van der Waals surface area contributed by atoms with Crippen LogP contribution in [0.4, 0.5) is 0 Å². The molecule has 1 aliphatic rings. The molecule has 2 heterocycles. The lowest BCUT2D eigenvalue weighted by molar-refractivity contribution is -0.144. The Hall–Kier alpha value is -4.54. The number of benzene rings is 2. The summed E-state index contributed by atoms with van der Waals surface area (Å²) < 4.78 is 34.5. The van der Waals surface area contributed by atoms with E-state index in [-0.39, 0.29) is 28.8 Å². The second-order valence-electron chi connectivity index (χ2n) is 9.48. The molecule has 0 bridgehead atoms. The Balaban J connectivity index is 1.45. The van der Waals surface area contributed by atoms with Crippen LogP contribution >= 0.6 is 0 Å². The highest BCUT2D eigenvalue weighted by Crippen LogP contribution is 2.17. The molecule has 12 nitrogen and oxygen atoms in total. The van der Waals surface area contributed by atoms with Gasteiger partial charge >= 0.3 is 5.97 Å². The minimum absolute atomic E-state index is 0.0182. The number of aryl methyl sites for hydroxylation is 2. The molecule has 0 saturated carbocycles. The lowest BCUT2D eigenvalue weighted by Crippen LogP contribution is -2.49. The van der Waals surface area contributed by atoms with Crippen LogP contribution in [-0.2, 0) is 32.6 Å². The van der Waals surface area contributed by atoms with Crippen molar-refractivity contribution in [1.82, 2.24) is 24.7 Å². The van der Waals surface area contributed by atoms with Gasteiger partial charge in [-0.3, -0.25) is 19.1 Å². The van der Waals surface area contributed by atoms with Crippen LogP contribution in [0, 0.1) is 18.3 Å². The van der Waals surface area contributed by atoms with Crippen LogP contribution in [-0.4, -0.2) is 66.6 Å². The van der Waals surface area contributed by atoms with E-state index in [9.17, 15) is 22.8 Å². The highest BCUT2D eigenvalue weighted by molar-refractivity contribution is 7.89. The quantitative estimate of drug-likeness (QED) is 0.344. The van der Waals surface area contributed by atoms with E-state index in [0.29, 0.717) is 31.6 Å². The normalized spacial score (nSPS) is 14.0. The van der Waals surface area contributed by atoms with E-state index in [4.69, 9.17) is 10.00 Å². The van der Waals surface area contributed by atoms with E-state index in [1.54, 1.807) is 48.2 Å². The number of rotatable bonds is 10.